The van der Waals surface area contributed by atoms with Crippen LogP contribution in [0.2, 0.25) is 0 Å². The van der Waals surface area contributed by atoms with E-state index in [0.717, 1.165) is 16.5 Å². The standard InChI is InChI=1S/C22H22N2O5/c1-13-9-17-16(12-28-18(17)10-14(13)2)11-19(25)29-20(15-7-5-4-6-8-15)21(26)24-22(27)23-3/h4-10,12,20H,11H2,1-3H3,(H2,23,24,26,27). The molecule has 0 aliphatic heterocycles. The lowest BCUT2D eigenvalue weighted by molar-refractivity contribution is -0.155. The minimum absolute atomic E-state index is 0.0634. The third-order valence-electron chi connectivity index (χ3n) is 4.66. The van der Waals surface area contributed by atoms with Crippen LogP contribution < -0.4 is 10.6 Å². The van der Waals surface area contributed by atoms with Gasteiger partial charge in [-0.3, -0.25) is 14.9 Å². The number of furan rings is 1. The summed E-state index contributed by atoms with van der Waals surface area (Å²) in [5.41, 5.74) is 4.00. The third-order valence-corrected chi connectivity index (χ3v) is 4.66. The van der Waals surface area contributed by atoms with Gasteiger partial charge in [0, 0.05) is 23.6 Å². The Morgan fingerprint density at radius 3 is 2.45 bits per heavy atom. The first-order valence-electron chi connectivity index (χ1n) is 9.13. The van der Waals surface area contributed by atoms with Crippen molar-refractivity contribution in [3.63, 3.8) is 0 Å². The molecule has 1 unspecified atom stereocenters. The van der Waals surface area contributed by atoms with E-state index < -0.39 is 24.0 Å². The first-order chi connectivity index (χ1) is 13.9. The van der Waals surface area contributed by atoms with Crippen LogP contribution in [0.1, 0.15) is 28.4 Å². The monoisotopic (exact) mass is 394 g/mol. The SMILES string of the molecule is CNC(=O)NC(=O)C(OC(=O)Cc1coc2cc(C)c(C)cc12)c1ccccc1. The molecule has 0 saturated carbocycles. The summed E-state index contributed by atoms with van der Waals surface area (Å²) in [5.74, 6) is -1.33. The van der Waals surface area contributed by atoms with Crippen molar-refractivity contribution in [2.24, 2.45) is 0 Å². The molecule has 0 bridgehead atoms. The molecule has 2 aromatic carbocycles. The van der Waals surface area contributed by atoms with Gasteiger partial charge in [0.25, 0.3) is 5.91 Å². The van der Waals surface area contributed by atoms with E-state index >= 15 is 0 Å². The molecule has 3 rings (SSSR count). The molecule has 0 aliphatic carbocycles. The van der Waals surface area contributed by atoms with E-state index in [2.05, 4.69) is 10.6 Å². The maximum atomic E-state index is 12.6. The van der Waals surface area contributed by atoms with Crippen molar-refractivity contribution in [2.45, 2.75) is 26.4 Å². The van der Waals surface area contributed by atoms with Crippen LogP contribution in [0.5, 0.6) is 0 Å². The van der Waals surface area contributed by atoms with Gasteiger partial charge in [-0.1, -0.05) is 30.3 Å². The largest absolute Gasteiger partial charge is 0.464 e. The van der Waals surface area contributed by atoms with Crippen LogP contribution in [0.4, 0.5) is 4.79 Å². The second-order valence-electron chi connectivity index (χ2n) is 6.72. The summed E-state index contributed by atoms with van der Waals surface area (Å²) in [5, 5.41) is 5.28. The average molecular weight is 394 g/mol. The summed E-state index contributed by atoms with van der Waals surface area (Å²) >= 11 is 0. The number of nitrogens with one attached hydrogen (secondary N) is 2. The summed E-state index contributed by atoms with van der Waals surface area (Å²) in [6.07, 6.45) is 0.210. The topological polar surface area (TPSA) is 97.6 Å². The fourth-order valence-corrected chi connectivity index (χ4v) is 2.94. The summed E-state index contributed by atoms with van der Waals surface area (Å²) in [4.78, 5) is 36.6. The second-order valence-corrected chi connectivity index (χ2v) is 6.72. The fourth-order valence-electron chi connectivity index (χ4n) is 2.94. The molecule has 0 fully saturated rings. The van der Waals surface area contributed by atoms with Crippen molar-refractivity contribution >= 4 is 28.9 Å². The van der Waals surface area contributed by atoms with Crippen molar-refractivity contribution in [2.75, 3.05) is 7.05 Å². The van der Waals surface area contributed by atoms with E-state index in [4.69, 9.17) is 9.15 Å². The molecule has 7 heteroatoms. The first kappa shape index (κ1) is 20.1. The Hall–Kier alpha value is -3.61. The van der Waals surface area contributed by atoms with E-state index in [1.807, 2.05) is 26.0 Å². The number of imide groups is 1. The highest BCUT2D eigenvalue weighted by molar-refractivity contribution is 5.98. The van der Waals surface area contributed by atoms with Crippen LogP contribution in [0, 0.1) is 13.8 Å². The number of hydrogen-bond acceptors (Lipinski definition) is 5. The lowest BCUT2D eigenvalue weighted by Crippen LogP contribution is -2.41. The van der Waals surface area contributed by atoms with E-state index in [0.29, 0.717) is 16.7 Å². The molecule has 1 heterocycles. The number of urea groups is 1. The number of fused-ring (bicyclic) bond motifs is 1. The van der Waals surface area contributed by atoms with Gasteiger partial charge in [0.1, 0.15) is 5.58 Å². The molecule has 0 aliphatic rings. The van der Waals surface area contributed by atoms with Crippen LogP contribution in [0.15, 0.2) is 53.1 Å². The quantitative estimate of drug-likeness (QED) is 0.647. The lowest BCUT2D eigenvalue weighted by atomic mass is 10.0. The molecule has 3 aromatic rings. The van der Waals surface area contributed by atoms with Gasteiger partial charge in [0.15, 0.2) is 0 Å². The fraction of sp³-hybridized carbons (Fsp3) is 0.227. The minimum Gasteiger partial charge on any atom is -0.464 e. The molecule has 0 radical (unpaired) electrons. The molecule has 0 spiro atoms. The number of ether oxygens (including phenoxy) is 1. The first-order valence-corrected chi connectivity index (χ1v) is 9.13. The maximum Gasteiger partial charge on any atom is 0.321 e. The zero-order chi connectivity index (χ0) is 21.0. The van der Waals surface area contributed by atoms with Crippen LogP contribution in [0.3, 0.4) is 0 Å². The van der Waals surface area contributed by atoms with E-state index in [1.54, 1.807) is 30.3 Å². The number of esters is 1. The van der Waals surface area contributed by atoms with Crippen molar-refractivity contribution in [3.8, 4) is 0 Å². The van der Waals surface area contributed by atoms with Gasteiger partial charge in [0.2, 0.25) is 6.10 Å². The van der Waals surface area contributed by atoms with Crippen molar-refractivity contribution in [1.29, 1.82) is 0 Å². The Morgan fingerprint density at radius 2 is 1.76 bits per heavy atom. The molecule has 7 nitrogen and oxygen atoms in total. The van der Waals surface area contributed by atoms with Gasteiger partial charge >= 0.3 is 12.0 Å². The number of benzene rings is 2. The molecule has 2 N–H and O–H groups in total. The number of carbonyl (C=O) groups is 3. The van der Waals surface area contributed by atoms with Crippen LogP contribution in [-0.4, -0.2) is 25.0 Å². The minimum atomic E-state index is -1.25. The smallest absolute Gasteiger partial charge is 0.321 e. The zero-order valence-corrected chi connectivity index (χ0v) is 16.4. The molecule has 150 valence electrons. The second kappa shape index (κ2) is 8.60. The Morgan fingerprint density at radius 1 is 1.07 bits per heavy atom. The molecule has 0 saturated heterocycles. The molecule has 1 aromatic heterocycles. The molecule has 3 amide bonds. The van der Waals surface area contributed by atoms with Crippen LogP contribution in [0.25, 0.3) is 11.0 Å². The van der Waals surface area contributed by atoms with Gasteiger partial charge in [-0.05, 0) is 37.1 Å². The van der Waals surface area contributed by atoms with Crippen molar-refractivity contribution in [1.82, 2.24) is 10.6 Å². The highest BCUT2D eigenvalue weighted by Gasteiger charge is 2.27. The van der Waals surface area contributed by atoms with E-state index in [1.165, 1.54) is 13.3 Å². The highest BCUT2D eigenvalue weighted by Crippen LogP contribution is 2.26. The van der Waals surface area contributed by atoms with Gasteiger partial charge in [-0.25, -0.2) is 4.79 Å². The Bertz CT molecular complexity index is 1060. The molecule has 29 heavy (non-hydrogen) atoms. The normalized spacial score (nSPS) is 11.7. The third kappa shape index (κ3) is 4.63. The lowest BCUT2D eigenvalue weighted by Gasteiger charge is -2.17. The van der Waals surface area contributed by atoms with Crippen LogP contribution >= 0.6 is 0 Å². The van der Waals surface area contributed by atoms with E-state index in [9.17, 15) is 14.4 Å². The molecular weight excluding hydrogens is 372 g/mol. The van der Waals surface area contributed by atoms with Crippen LogP contribution in [-0.2, 0) is 20.7 Å². The number of rotatable bonds is 5. The van der Waals surface area contributed by atoms with Gasteiger partial charge < -0.3 is 14.5 Å². The van der Waals surface area contributed by atoms with Gasteiger partial charge in [0.05, 0.1) is 12.7 Å². The Labute approximate surface area is 168 Å². The van der Waals surface area contributed by atoms with E-state index in [-0.39, 0.29) is 6.42 Å². The Balaban J connectivity index is 1.81. The number of hydrogen-bond donors (Lipinski definition) is 2. The predicted molar refractivity (Wildman–Crippen MR) is 107 cm³/mol. The summed E-state index contributed by atoms with van der Waals surface area (Å²) in [6.45, 7) is 3.97. The summed E-state index contributed by atoms with van der Waals surface area (Å²) in [6, 6.07) is 11.7. The molecular formula is C22H22N2O5. The highest BCUT2D eigenvalue weighted by atomic mass is 16.5. The predicted octanol–water partition coefficient (Wildman–Crippen LogP) is 3.33. The van der Waals surface area contributed by atoms with Crippen molar-refractivity contribution in [3.05, 3.63) is 71.0 Å². The number of amides is 3. The average Bonchev–Trinajstić information content (AvgIpc) is 3.08. The summed E-state index contributed by atoms with van der Waals surface area (Å²) < 4.78 is 11.0. The van der Waals surface area contributed by atoms with Gasteiger partial charge in [-0.2, -0.15) is 0 Å². The Kier molecular flexibility index (Phi) is 5.97. The van der Waals surface area contributed by atoms with Gasteiger partial charge in [-0.15, -0.1) is 0 Å². The summed E-state index contributed by atoms with van der Waals surface area (Å²) in [7, 11) is 1.39. The zero-order valence-electron chi connectivity index (χ0n) is 16.4. The number of carbonyl (C=O) groups excluding carboxylic acids is 3. The number of aryl methyl sites for hydroxylation is 2. The van der Waals surface area contributed by atoms with Crippen molar-refractivity contribution < 1.29 is 23.5 Å². The molecule has 1 atom stereocenters. The maximum absolute atomic E-state index is 12.6.